The molecule has 0 bridgehead atoms. The van der Waals surface area contributed by atoms with E-state index in [1.165, 1.54) is 17.4 Å². The summed E-state index contributed by atoms with van der Waals surface area (Å²) < 4.78 is 19.2. The molecule has 0 radical (unpaired) electrons. The molecule has 0 atom stereocenters. The zero-order valence-electron chi connectivity index (χ0n) is 14.4. The zero-order chi connectivity index (χ0) is 18.4. The third kappa shape index (κ3) is 4.89. The number of halogens is 1. The number of hydrogen-bond acceptors (Lipinski definition) is 4. The molecule has 1 amide bonds. The van der Waals surface area contributed by atoms with Crippen molar-refractivity contribution < 1.29 is 13.9 Å². The molecule has 3 aromatic rings. The molecule has 26 heavy (non-hydrogen) atoms. The first-order valence-electron chi connectivity index (χ1n) is 8.27. The van der Waals surface area contributed by atoms with Crippen LogP contribution in [0.2, 0.25) is 0 Å². The molecule has 134 valence electrons. The molecule has 3 rings (SSSR count). The fraction of sp³-hybridized carbons (Fsp3) is 0.200. The van der Waals surface area contributed by atoms with E-state index >= 15 is 0 Å². The summed E-state index contributed by atoms with van der Waals surface area (Å²) in [4.78, 5) is 16.3. The standard InChI is InChI=1S/C20H19FN2O2S/c1-14-6-8-16(9-7-14)25-12-19(24)22-11-10-15-13-26-20(23-15)17-4-2-3-5-18(17)21/h2-9,13H,10-12H2,1H3,(H,22,24). The number of amides is 1. The van der Waals surface area contributed by atoms with Crippen molar-refractivity contribution in [2.75, 3.05) is 13.2 Å². The van der Waals surface area contributed by atoms with E-state index in [0.717, 1.165) is 11.3 Å². The van der Waals surface area contributed by atoms with Crippen LogP contribution in [-0.4, -0.2) is 24.0 Å². The van der Waals surface area contributed by atoms with Crippen molar-refractivity contribution in [3.05, 3.63) is 71.0 Å². The molecule has 4 nitrogen and oxygen atoms in total. The Bertz CT molecular complexity index is 878. The van der Waals surface area contributed by atoms with E-state index in [4.69, 9.17) is 4.74 Å². The number of nitrogens with one attached hydrogen (secondary N) is 1. The van der Waals surface area contributed by atoms with Gasteiger partial charge in [0.25, 0.3) is 5.91 Å². The molecule has 1 aromatic heterocycles. The third-order valence-electron chi connectivity index (χ3n) is 3.75. The molecule has 6 heteroatoms. The second kappa shape index (κ2) is 8.58. The minimum atomic E-state index is -0.282. The summed E-state index contributed by atoms with van der Waals surface area (Å²) >= 11 is 1.40. The van der Waals surface area contributed by atoms with Crippen LogP contribution < -0.4 is 10.1 Å². The van der Waals surface area contributed by atoms with Gasteiger partial charge in [-0.25, -0.2) is 9.37 Å². The average molecular weight is 370 g/mol. The molecular weight excluding hydrogens is 351 g/mol. The molecule has 0 aliphatic carbocycles. The van der Waals surface area contributed by atoms with Crippen molar-refractivity contribution in [3.8, 4) is 16.3 Å². The van der Waals surface area contributed by atoms with Crippen molar-refractivity contribution in [2.24, 2.45) is 0 Å². The molecule has 0 unspecified atom stereocenters. The van der Waals surface area contributed by atoms with E-state index in [-0.39, 0.29) is 18.3 Å². The molecule has 1 N–H and O–H groups in total. The van der Waals surface area contributed by atoms with Crippen molar-refractivity contribution >= 4 is 17.2 Å². The number of thiazole rings is 1. The maximum Gasteiger partial charge on any atom is 0.257 e. The van der Waals surface area contributed by atoms with Gasteiger partial charge in [0.15, 0.2) is 6.61 Å². The number of hydrogen-bond donors (Lipinski definition) is 1. The second-order valence-electron chi connectivity index (χ2n) is 5.83. The Morgan fingerprint density at radius 3 is 2.73 bits per heavy atom. The normalized spacial score (nSPS) is 10.5. The highest BCUT2D eigenvalue weighted by Gasteiger charge is 2.09. The van der Waals surface area contributed by atoms with Crippen LogP contribution in [0.4, 0.5) is 4.39 Å². The fourth-order valence-electron chi connectivity index (χ4n) is 2.34. The van der Waals surface area contributed by atoms with Crippen LogP contribution in [0.15, 0.2) is 53.9 Å². The van der Waals surface area contributed by atoms with E-state index in [0.29, 0.717) is 29.3 Å². The first-order valence-corrected chi connectivity index (χ1v) is 9.15. The van der Waals surface area contributed by atoms with Crippen LogP contribution in [0.25, 0.3) is 10.6 Å². The minimum absolute atomic E-state index is 0.0272. The SMILES string of the molecule is Cc1ccc(OCC(=O)NCCc2csc(-c3ccccc3F)n2)cc1. The average Bonchev–Trinajstić information content (AvgIpc) is 3.10. The first kappa shape index (κ1) is 18.1. The summed E-state index contributed by atoms with van der Waals surface area (Å²) in [5.41, 5.74) is 2.46. The van der Waals surface area contributed by atoms with Crippen molar-refractivity contribution in [1.82, 2.24) is 10.3 Å². The Morgan fingerprint density at radius 1 is 1.19 bits per heavy atom. The number of carbonyl (C=O) groups excluding carboxylic acids is 1. The quantitative estimate of drug-likeness (QED) is 0.684. The number of aromatic nitrogens is 1. The molecule has 2 aromatic carbocycles. The van der Waals surface area contributed by atoms with Gasteiger partial charge in [-0.3, -0.25) is 4.79 Å². The summed E-state index contributed by atoms with van der Waals surface area (Å²) in [5.74, 6) is 0.199. The van der Waals surface area contributed by atoms with Gasteiger partial charge in [-0.2, -0.15) is 0 Å². The predicted octanol–water partition coefficient (Wildman–Crippen LogP) is 4.00. The fourth-order valence-corrected chi connectivity index (χ4v) is 3.23. The van der Waals surface area contributed by atoms with Gasteiger partial charge in [-0.05, 0) is 31.2 Å². The smallest absolute Gasteiger partial charge is 0.257 e. The molecule has 0 saturated carbocycles. The first-order chi connectivity index (χ1) is 12.6. The lowest BCUT2D eigenvalue weighted by atomic mass is 10.2. The van der Waals surface area contributed by atoms with Crippen molar-refractivity contribution in [2.45, 2.75) is 13.3 Å². The number of ether oxygens (including phenoxy) is 1. The van der Waals surface area contributed by atoms with Crippen LogP contribution in [0.5, 0.6) is 5.75 Å². The van der Waals surface area contributed by atoms with Gasteiger partial charge in [-0.1, -0.05) is 29.8 Å². The largest absolute Gasteiger partial charge is 0.484 e. The molecule has 1 heterocycles. The number of carbonyl (C=O) groups is 1. The maximum absolute atomic E-state index is 13.8. The second-order valence-corrected chi connectivity index (χ2v) is 6.68. The highest BCUT2D eigenvalue weighted by Crippen LogP contribution is 2.26. The van der Waals surface area contributed by atoms with Gasteiger partial charge < -0.3 is 10.1 Å². The Balaban J connectivity index is 1.44. The van der Waals surface area contributed by atoms with Gasteiger partial charge in [0.05, 0.1) is 5.69 Å². The van der Waals surface area contributed by atoms with E-state index in [1.54, 1.807) is 18.2 Å². The van der Waals surface area contributed by atoms with Gasteiger partial charge >= 0.3 is 0 Å². The molecule has 0 fully saturated rings. The Morgan fingerprint density at radius 2 is 1.96 bits per heavy atom. The Hall–Kier alpha value is -2.73. The van der Waals surface area contributed by atoms with Crippen LogP contribution in [-0.2, 0) is 11.2 Å². The zero-order valence-corrected chi connectivity index (χ0v) is 15.2. The van der Waals surface area contributed by atoms with E-state index in [9.17, 15) is 9.18 Å². The highest BCUT2D eigenvalue weighted by atomic mass is 32.1. The number of benzene rings is 2. The lowest BCUT2D eigenvalue weighted by Gasteiger charge is -2.07. The molecule has 0 aliphatic rings. The number of rotatable bonds is 7. The summed E-state index contributed by atoms with van der Waals surface area (Å²) in [5, 5.41) is 5.33. The molecule has 0 aliphatic heterocycles. The maximum atomic E-state index is 13.8. The Kier molecular flexibility index (Phi) is 5.96. The molecule has 0 spiro atoms. The highest BCUT2D eigenvalue weighted by molar-refractivity contribution is 7.13. The van der Waals surface area contributed by atoms with Crippen molar-refractivity contribution in [1.29, 1.82) is 0 Å². The minimum Gasteiger partial charge on any atom is -0.484 e. The van der Waals surface area contributed by atoms with Gasteiger partial charge in [0.1, 0.15) is 16.6 Å². The number of aryl methyl sites for hydroxylation is 1. The van der Waals surface area contributed by atoms with Crippen LogP contribution in [0, 0.1) is 12.7 Å². The van der Waals surface area contributed by atoms with E-state index < -0.39 is 0 Å². The van der Waals surface area contributed by atoms with Crippen LogP contribution >= 0.6 is 11.3 Å². The van der Waals surface area contributed by atoms with Gasteiger partial charge in [0, 0.05) is 23.9 Å². The summed E-state index contributed by atoms with van der Waals surface area (Å²) in [7, 11) is 0. The van der Waals surface area contributed by atoms with Crippen molar-refractivity contribution in [3.63, 3.8) is 0 Å². The third-order valence-corrected chi connectivity index (χ3v) is 4.67. The lowest BCUT2D eigenvalue weighted by molar-refractivity contribution is -0.123. The van der Waals surface area contributed by atoms with Gasteiger partial charge in [-0.15, -0.1) is 11.3 Å². The summed E-state index contributed by atoms with van der Waals surface area (Å²) in [6, 6.07) is 14.1. The lowest BCUT2D eigenvalue weighted by Crippen LogP contribution is -2.30. The monoisotopic (exact) mass is 370 g/mol. The Labute approximate surface area is 155 Å². The molecular formula is C20H19FN2O2S. The van der Waals surface area contributed by atoms with E-state index in [2.05, 4.69) is 10.3 Å². The summed E-state index contributed by atoms with van der Waals surface area (Å²) in [6.07, 6.45) is 0.585. The van der Waals surface area contributed by atoms with Gasteiger partial charge in [0.2, 0.25) is 0 Å². The van der Waals surface area contributed by atoms with E-state index in [1.807, 2.05) is 36.6 Å². The summed E-state index contributed by atoms with van der Waals surface area (Å²) in [6.45, 7) is 2.42. The predicted molar refractivity (Wildman–Crippen MR) is 101 cm³/mol. The van der Waals surface area contributed by atoms with Crippen LogP contribution in [0.3, 0.4) is 0 Å². The topological polar surface area (TPSA) is 51.2 Å². The van der Waals surface area contributed by atoms with Crippen LogP contribution in [0.1, 0.15) is 11.3 Å². The number of nitrogens with zero attached hydrogens (tertiary/aromatic N) is 1. The molecule has 0 saturated heterocycles.